The number of carbonyl (C=O) groups is 2. The number of unbranched alkanes of at least 4 members (excludes halogenated alkanes) is 3. The molecule has 0 heterocycles. The molecule has 1 aliphatic carbocycles. The molecule has 2 nitrogen and oxygen atoms in total. The fourth-order valence-corrected chi connectivity index (χ4v) is 3.11. The normalized spacial score (nSPS) is 14.3. The third kappa shape index (κ3) is 3.35. The Balaban J connectivity index is 2.00. The van der Waals surface area contributed by atoms with E-state index in [1.807, 2.05) is 0 Å². The highest BCUT2D eigenvalue weighted by atomic mass is 32.2. The molecular weight excluding hydrogens is 256 g/mol. The lowest BCUT2D eigenvalue weighted by atomic mass is 9.95. The van der Waals surface area contributed by atoms with E-state index in [9.17, 15) is 9.59 Å². The Morgan fingerprint density at radius 3 is 2.47 bits per heavy atom. The molecule has 0 radical (unpaired) electrons. The van der Waals surface area contributed by atoms with E-state index in [2.05, 4.69) is 6.92 Å². The minimum absolute atomic E-state index is 0.00399. The predicted molar refractivity (Wildman–Crippen MR) is 79.8 cm³/mol. The summed E-state index contributed by atoms with van der Waals surface area (Å²) in [7, 11) is 0. The highest BCUT2D eigenvalue weighted by Gasteiger charge is 2.24. The van der Waals surface area contributed by atoms with Gasteiger partial charge in [0.05, 0.1) is 4.91 Å². The first-order chi connectivity index (χ1) is 9.24. The molecule has 2 rings (SSSR count). The van der Waals surface area contributed by atoms with Crippen LogP contribution >= 0.6 is 11.8 Å². The minimum atomic E-state index is -0.0498. The second-order valence-electron chi connectivity index (χ2n) is 4.66. The van der Waals surface area contributed by atoms with E-state index >= 15 is 0 Å². The van der Waals surface area contributed by atoms with E-state index in [1.165, 1.54) is 37.1 Å². The second-order valence-corrected chi connectivity index (χ2v) is 5.79. The number of allylic oxidation sites excluding steroid dienone is 2. The van der Waals surface area contributed by atoms with Crippen molar-refractivity contribution in [2.75, 3.05) is 5.75 Å². The van der Waals surface area contributed by atoms with Crippen LogP contribution in [0.2, 0.25) is 0 Å². The quantitative estimate of drug-likeness (QED) is 0.727. The van der Waals surface area contributed by atoms with Crippen molar-refractivity contribution in [3.63, 3.8) is 0 Å². The molecule has 0 N–H and O–H groups in total. The van der Waals surface area contributed by atoms with Crippen LogP contribution in [0.25, 0.3) is 0 Å². The van der Waals surface area contributed by atoms with Gasteiger partial charge in [0.2, 0.25) is 0 Å². The van der Waals surface area contributed by atoms with Crippen LogP contribution in [-0.4, -0.2) is 17.3 Å². The van der Waals surface area contributed by atoms with Crippen LogP contribution in [0.3, 0.4) is 0 Å². The summed E-state index contributed by atoms with van der Waals surface area (Å²) in [6.07, 6.45) is 6.22. The number of fused-ring (bicyclic) bond motifs is 1. The van der Waals surface area contributed by atoms with Crippen molar-refractivity contribution in [3.8, 4) is 0 Å². The van der Waals surface area contributed by atoms with E-state index in [-0.39, 0.29) is 11.6 Å². The van der Waals surface area contributed by atoms with Gasteiger partial charge in [-0.15, -0.1) is 11.8 Å². The van der Waals surface area contributed by atoms with Gasteiger partial charge in [0.1, 0.15) is 0 Å². The molecule has 100 valence electrons. The maximum absolute atomic E-state index is 12.2. The SMILES string of the molecule is CCCCCCSC1=CC(=O)c2ccccc2C1=O. The topological polar surface area (TPSA) is 34.1 Å². The van der Waals surface area contributed by atoms with Crippen molar-refractivity contribution in [2.24, 2.45) is 0 Å². The molecule has 0 saturated heterocycles. The van der Waals surface area contributed by atoms with Crippen LogP contribution in [0, 0.1) is 0 Å². The van der Waals surface area contributed by atoms with Gasteiger partial charge in [-0.25, -0.2) is 0 Å². The van der Waals surface area contributed by atoms with Gasteiger partial charge in [-0.3, -0.25) is 9.59 Å². The molecule has 19 heavy (non-hydrogen) atoms. The number of hydrogen-bond donors (Lipinski definition) is 0. The molecule has 1 aromatic rings. The van der Waals surface area contributed by atoms with E-state index < -0.39 is 0 Å². The molecule has 3 heteroatoms. The summed E-state index contributed by atoms with van der Waals surface area (Å²) in [5.74, 6) is 0.856. The van der Waals surface area contributed by atoms with Gasteiger partial charge in [0.25, 0.3) is 0 Å². The summed E-state index contributed by atoms with van der Waals surface area (Å²) in [6.45, 7) is 2.18. The van der Waals surface area contributed by atoms with Crippen molar-refractivity contribution in [1.29, 1.82) is 0 Å². The van der Waals surface area contributed by atoms with E-state index in [0.29, 0.717) is 16.0 Å². The number of hydrogen-bond acceptors (Lipinski definition) is 3. The Bertz CT molecular complexity index is 517. The summed E-state index contributed by atoms with van der Waals surface area (Å²) in [4.78, 5) is 24.8. The molecule has 0 atom stereocenters. The fourth-order valence-electron chi connectivity index (χ4n) is 2.11. The molecule has 0 saturated carbocycles. The molecule has 0 spiro atoms. The first-order valence-electron chi connectivity index (χ1n) is 6.76. The second kappa shape index (κ2) is 6.71. The third-order valence-electron chi connectivity index (χ3n) is 3.18. The van der Waals surface area contributed by atoms with Gasteiger partial charge in [0, 0.05) is 17.2 Å². The van der Waals surface area contributed by atoms with Crippen LogP contribution in [0.15, 0.2) is 35.2 Å². The van der Waals surface area contributed by atoms with Crippen molar-refractivity contribution >= 4 is 23.3 Å². The summed E-state index contributed by atoms with van der Waals surface area (Å²) in [5, 5.41) is 0. The minimum Gasteiger partial charge on any atom is -0.289 e. The summed E-state index contributed by atoms with van der Waals surface area (Å²) < 4.78 is 0. The van der Waals surface area contributed by atoms with Crippen LogP contribution < -0.4 is 0 Å². The molecule has 0 unspecified atom stereocenters. The van der Waals surface area contributed by atoms with Gasteiger partial charge in [-0.05, 0) is 12.2 Å². The predicted octanol–water partition coefficient (Wildman–Crippen LogP) is 4.26. The zero-order chi connectivity index (χ0) is 13.7. The highest BCUT2D eigenvalue weighted by molar-refractivity contribution is 8.04. The largest absolute Gasteiger partial charge is 0.289 e. The van der Waals surface area contributed by atoms with Crippen LogP contribution in [0.1, 0.15) is 53.3 Å². The van der Waals surface area contributed by atoms with Crippen molar-refractivity contribution in [3.05, 3.63) is 46.4 Å². The summed E-state index contributed by atoms with van der Waals surface area (Å²) in [6, 6.07) is 7.05. The Kier molecular flexibility index (Phi) is 4.97. The maximum atomic E-state index is 12.2. The molecular formula is C16H18O2S. The van der Waals surface area contributed by atoms with Crippen molar-refractivity contribution in [1.82, 2.24) is 0 Å². The highest BCUT2D eigenvalue weighted by Crippen LogP contribution is 2.28. The third-order valence-corrected chi connectivity index (χ3v) is 4.29. The Morgan fingerprint density at radius 2 is 1.74 bits per heavy atom. The molecule has 1 aliphatic rings. The summed E-state index contributed by atoms with van der Waals surface area (Å²) >= 11 is 1.51. The molecule has 0 amide bonds. The lowest BCUT2D eigenvalue weighted by Crippen LogP contribution is -2.15. The van der Waals surface area contributed by atoms with Crippen LogP contribution in [0.4, 0.5) is 0 Å². The average molecular weight is 274 g/mol. The van der Waals surface area contributed by atoms with Gasteiger partial charge in [-0.2, -0.15) is 0 Å². The molecule has 0 fully saturated rings. The first kappa shape index (κ1) is 14.1. The number of Topliss-reactive ketones (excluding diaryl/α,β-unsaturated/α-hetero) is 1. The number of thioether (sulfide) groups is 1. The van der Waals surface area contributed by atoms with Gasteiger partial charge < -0.3 is 0 Å². The summed E-state index contributed by atoms with van der Waals surface area (Å²) in [5.41, 5.74) is 1.08. The molecule has 0 aliphatic heterocycles. The van der Waals surface area contributed by atoms with Crippen LogP contribution in [-0.2, 0) is 0 Å². The van der Waals surface area contributed by atoms with E-state index in [1.54, 1.807) is 24.3 Å². The van der Waals surface area contributed by atoms with Gasteiger partial charge in [-0.1, -0.05) is 50.5 Å². The van der Waals surface area contributed by atoms with Crippen molar-refractivity contribution in [2.45, 2.75) is 32.6 Å². The average Bonchev–Trinajstić information content (AvgIpc) is 2.44. The zero-order valence-electron chi connectivity index (χ0n) is 11.1. The van der Waals surface area contributed by atoms with Crippen molar-refractivity contribution < 1.29 is 9.59 Å². The molecule has 1 aromatic carbocycles. The Morgan fingerprint density at radius 1 is 1.00 bits per heavy atom. The zero-order valence-corrected chi connectivity index (χ0v) is 12.0. The van der Waals surface area contributed by atoms with E-state index in [0.717, 1.165) is 12.2 Å². The fraction of sp³-hybridized carbons (Fsp3) is 0.375. The number of rotatable bonds is 6. The van der Waals surface area contributed by atoms with Gasteiger partial charge >= 0.3 is 0 Å². The number of ketones is 2. The monoisotopic (exact) mass is 274 g/mol. The Labute approximate surface area is 118 Å². The van der Waals surface area contributed by atoms with E-state index in [4.69, 9.17) is 0 Å². The Hall–Kier alpha value is -1.35. The smallest absolute Gasteiger partial charge is 0.200 e. The van der Waals surface area contributed by atoms with Crippen LogP contribution in [0.5, 0.6) is 0 Å². The molecule has 0 bridgehead atoms. The standard InChI is InChI=1S/C16H18O2S/c1-2-3-4-7-10-19-15-11-14(17)12-8-5-6-9-13(12)16(15)18/h5-6,8-9,11H,2-4,7,10H2,1H3. The molecule has 0 aromatic heterocycles. The maximum Gasteiger partial charge on any atom is 0.200 e. The lowest BCUT2D eigenvalue weighted by molar-refractivity contribution is 0.0991. The van der Waals surface area contributed by atoms with Gasteiger partial charge in [0.15, 0.2) is 11.6 Å². The first-order valence-corrected chi connectivity index (χ1v) is 7.75. The number of carbonyl (C=O) groups excluding carboxylic acids is 2. The number of benzene rings is 1. The lowest BCUT2D eigenvalue weighted by Gasteiger charge is -2.14.